The highest BCUT2D eigenvalue weighted by molar-refractivity contribution is 5.90. The van der Waals surface area contributed by atoms with E-state index in [0.29, 0.717) is 0 Å². The lowest BCUT2D eigenvalue weighted by Gasteiger charge is -2.34. The molecular weight excluding hydrogens is 232 g/mol. The van der Waals surface area contributed by atoms with Crippen molar-refractivity contribution in [3.05, 3.63) is 23.5 Å². The molecule has 1 aliphatic carbocycles. The third-order valence-electron chi connectivity index (χ3n) is 2.57. The molecule has 0 aliphatic heterocycles. The molecule has 7 heteroatoms. The minimum Gasteiger partial charge on any atom is -0.509 e. The highest BCUT2D eigenvalue weighted by atomic mass is 16.4. The lowest BCUT2D eigenvalue weighted by molar-refractivity contribution is -0.132. The van der Waals surface area contributed by atoms with Gasteiger partial charge in [-0.3, -0.25) is 0 Å². The zero-order chi connectivity index (χ0) is 13.2. The summed E-state index contributed by atoms with van der Waals surface area (Å²) in [5.74, 6) is -2.13. The van der Waals surface area contributed by atoms with E-state index in [-0.39, 0.29) is 5.57 Å². The third-order valence-corrected chi connectivity index (χ3v) is 2.57. The van der Waals surface area contributed by atoms with Crippen molar-refractivity contribution in [2.24, 2.45) is 0 Å². The Morgan fingerprint density at radius 1 is 1.53 bits per heavy atom. The number of hydrogen-bond acceptors (Lipinski definition) is 6. The fraction of sp³-hybridized carbons (Fsp3) is 0.500. The van der Waals surface area contributed by atoms with Gasteiger partial charge in [-0.25, -0.2) is 4.79 Å². The van der Waals surface area contributed by atoms with Gasteiger partial charge in [0.05, 0.1) is 18.3 Å². The zero-order valence-electron chi connectivity index (χ0n) is 8.82. The van der Waals surface area contributed by atoms with Gasteiger partial charge in [0.25, 0.3) is 0 Å². The number of aliphatic hydroxyl groups is 5. The van der Waals surface area contributed by atoms with Gasteiger partial charge in [-0.1, -0.05) is 0 Å². The van der Waals surface area contributed by atoms with Gasteiger partial charge in [0.1, 0.15) is 11.9 Å². The van der Waals surface area contributed by atoms with Crippen LogP contribution in [0.1, 0.15) is 6.42 Å². The monoisotopic (exact) mass is 246 g/mol. The van der Waals surface area contributed by atoms with Gasteiger partial charge in [0.2, 0.25) is 0 Å². The minimum atomic E-state index is -2.19. The first kappa shape index (κ1) is 13.7. The van der Waals surface area contributed by atoms with Crippen LogP contribution in [0.3, 0.4) is 0 Å². The van der Waals surface area contributed by atoms with Crippen LogP contribution in [0.5, 0.6) is 0 Å². The molecule has 0 aromatic heterocycles. The van der Waals surface area contributed by atoms with Gasteiger partial charge in [-0.2, -0.15) is 0 Å². The first-order valence-electron chi connectivity index (χ1n) is 4.87. The maximum atomic E-state index is 10.6. The molecular formula is C10H14O7. The lowest BCUT2D eigenvalue weighted by atomic mass is 9.83. The second-order valence-corrected chi connectivity index (χ2v) is 3.87. The molecule has 0 aromatic carbocycles. The summed E-state index contributed by atoms with van der Waals surface area (Å²) in [6.45, 7) is -0.655. The summed E-state index contributed by atoms with van der Waals surface area (Å²) in [7, 11) is 0. The Morgan fingerprint density at radius 2 is 2.12 bits per heavy atom. The Morgan fingerprint density at radius 3 is 2.53 bits per heavy atom. The van der Waals surface area contributed by atoms with Gasteiger partial charge in [0.15, 0.2) is 5.60 Å². The Hall–Kier alpha value is -1.41. The van der Waals surface area contributed by atoms with E-state index in [0.717, 1.165) is 12.2 Å². The average molecular weight is 246 g/mol. The van der Waals surface area contributed by atoms with Gasteiger partial charge in [-0.05, 0) is 12.2 Å². The average Bonchev–Trinajstić information content (AvgIpc) is 2.25. The van der Waals surface area contributed by atoms with Crippen molar-refractivity contribution in [1.82, 2.24) is 0 Å². The summed E-state index contributed by atoms with van der Waals surface area (Å²) in [5, 5.41) is 55.5. The third kappa shape index (κ3) is 2.64. The van der Waals surface area contributed by atoms with E-state index in [1.54, 1.807) is 0 Å². The highest BCUT2D eigenvalue weighted by Crippen LogP contribution is 2.31. The highest BCUT2D eigenvalue weighted by Gasteiger charge is 2.43. The molecule has 0 spiro atoms. The van der Waals surface area contributed by atoms with Crippen molar-refractivity contribution >= 4 is 5.97 Å². The Balaban J connectivity index is 2.99. The molecule has 0 radical (unpaired) electrons. The predicted octanol–water partition coefficient (Wildman–Crippen LogP) is -1.71. The smallest absolute Gasteiger partial charge is 0.335 e. The molecule has 1 rings (SSSR count). The molecule has 0 fully saturated rings. The molecule has 17 heavy (non-hydrogen) atoms. The van der Waals surface area contributed by atoms with Gasteiger partial charge >= 0.3 is 5.97 Å². The summed E-state index contributed by atoms with van der Waals surface area (Å²) in [6.07, 6.45) is -1.90. The van der Waals surface area contributed by atoms with Crippen LogP contribution in [-0.2, 0) is 4.79 Å². The van der Waals surface area contributed by atoms with Crippen LogP contribution in [0.2, 0.25) is 0 Å². The molecule has 0 bridgehead atoms. The van der Waals surface area contributed by atoms with E-state index in [4.69, 9.17) is 10.2 Å². The molecule has 0 amide bonds. The van der Waals surface area contributed by atoms with E-state index >= 15 is 0 Å². The summed E-state index contributed by atoms with van der Waals surface area (Å²) in [4.78, 5) is 10.6. The topological polar surface area (TPSA) is 138 Å². The molecule has 3 unspecified atom stereocenters. The SMILES string of the molecule is O=C(O)C1=CC(O)C(O)(CC(O)CO)C(O)=C1. The molecule has 3 atom stereocenters. The maximum absolute atomic E-state index is 10.6. The quantitative estimate of drug-likeness (QED) is 0.347. The van der Waals surface area contributed by atoms with Crippen LogP contribution in [0.25, 0.3) is 0 Å². The van der Waals surface area contributed by atoms with E-state index < -0.39 is 42.6 Å². The molecule has 96 valence electrons. The largest absolute Gasteiger partial charge is 0.509 e. The zero-order valence-corrected chi connectivity index (χ0v) is 8.82. The minimum absolute atomic E-state index is 0.363. The summed E-state index contributed by atoms with van der Waals surface area (Å²) >= 11 is 0. The van der Waals surface area contributed by atoms with Crippen LogP contribution < -0.4 is 0 Å². The molecule has 0 saturated heterocycles. The normalized spacial score (nSPS) is 30.5. The molecule has 0 heterocycles. The van der Waals surface area contributed by atoms with Gasteiger partial charge in [0, 0.05) is 6.42 Å². The Bertz CT molecular complexity index is 373. The second kappa shape index (κ2) is 4.84. The van der Waals surface area contributed by atoms with Crippen LogP contribution in [0.4, 0.5) is 0 Å². The Labute approximate surface area is 96.6 Å². The van der Waals surface area contributed by atoms with Crippen LogP contribution in [0.15, 0.2) is 23.5 Å². The van der Waals surface area contributed by atoms with E-state index in [1.165, 1.54) is 0 Å². The predicted molar refractivity (Wildman–Crippen MR) is 55.1 cm³/mol. The van der Waals surface area contributed by atoms with Crippen LogP contribution in [0, 0.1) is 0 Å². The van der Waals surface area contributed by atoms with Crippen molar-refractivity contribution in [1.29, 1.82) is 0 Å². The van der Waals surface area contributed by atoms with Gasteiger partial charge in [-0.15, -0.1) is 0 Å². The Kier molecular flexibility index (Phi) is 3.89. The molecule has 1 aliphatic rings. The van der Waals surface area contributed by atoms with Crippen molar-refractivity contribution in [3.63, 3.8) is 0 Å². The maximum Gasteiger partial charge on any atom is 0.335 e. The molecule has 0 aromatic rings. The summed E-state index contributed by atoms with van der Waals surface area (Å²) in [5.41, 5.74) is -2.56. The summed E-state index contributed by atoms with van der Waals surface area (Å²) < 4.78 is 0. The van der Waals surface area contributed by atoms with Gasteiger partial charge < -0.3 is 30.6 Å². The standard InChI is InChI=1S/C10H14O7/c11-4-6(12)3-10(17)7(13)1-5(9(15)16)2-8(10)14/h1-2,6-7,11-14,17H,3-4H2,(H,15,16). The van der Waals surface area contributed by atoms with Crippen molar-refractivity contribution in [2.75, 3.05) is 6.61 Å². The van der Waals surface area contributed by atoms with Crippen molar-refractivity contribution in [3.8, 4) is 0 Å². The molecule has 7 nitrogen and oxygen atoms in total. The second-order valence-electron chi connectivity index (χ2n) is 3.87. The number of carbonyl (C=O) groups is 1. The van der Waals surface area contributed by atoms with Crippen LogP contribution in [-0.4, -0.2) is 61.0 Å². The van der Waals surface area contributed by atoms with E-state index in [2.05, 4.69) is 0 Å². The number of aliphatic hydroxyl groups excluding tert-OH is 4. The fourth-order valence-electron chi connectivity index (χ4n) is 1.56. The fourth-order valence-corrected chi connectivity index (χ4v) is 1.56. The van der Waals surface area contributed by atoms with Crippen molar-refractivity contribution in [2.45, 2.75) is 24.2 Å². The number of carboxylic acids is 1. The first-order valence-corrected chi connectivity index (χ1v) is 4.87. The molecule has 6 N–H and O–H groups in total. The number of rotatable bonds is 4. The summed E-state index contributed by atoms with van der Waals surface area (Å²) in [6, 6.07) is 0. The lowest BCUT2D eigenvalue weighted by Crippen LogP contribution is -2.48. The first-order chi connectivity index (χ1) is 7.81. The number of carboxylic acid groups (broad SMARTS) is 1. The van der Waals surface area contributed by atoms with Crippen LogP contribution >= 0.6 is 0 Å². The van der Waals surface area contributed by atoms with E-state index in [1.807, 2.05) is 0 Å². The molecule has 0 saturated carbocycles. The number of hydrogen-bond donors (Lipinski definition) is 6. The van der Waals surface area contributed by atoms with Crippen molar-refractivity contribution < 1.29 is 35.4 Å². The number of aliphatic carboxylic acids is 1. The van der Waals surface area contributed by atoms with E-state index in [9.17, 15) is 25.2 Å².